The Kier molecular flexibility index (Phi) is 13.0. The van der Waals surface area contributed by atoms with E-state index in [4.69, 9.17) is 33.2 Å². The normalized spacial score (nSPS) is 50.2. The van der Waals surface area contributed by atoms with Gasteiger partial charge in [-0.1, -0.05) is 0 Å². The van der Waals surface area contributed by atoms with Gasteiger partial charge in [0.05, 0.1) is 38.1 Å². The highest BCUT2D eigenvalue weighted by Gasteiger charge is 2.53. The van der Waals surface area contributed by atoms with E-state index in [-0.39, 0.29) is 13.0 Å². The Balaban J connectivity index is 1.50. The first-order valence-electron chi connectivity index (χ1n) is 14.8. The molecule has 4 saturated heterocycles. The number of rotatable bonds is 10. The van der Waals surface area contributed by atoms with E-state index in [1.54, 1.807) is 0 Å². The third kappa shape index (κ3) is 8.13. The van der Waals surface area contributed by atoms with Crippen molar-refractivity contribution in [2.75, 3.05) is 19.8 Å². The van der Waals surface area contributed by atoms with Crippen LogP contribution in [0, 0.1) is 0 Å². The van der Waals surface area contributed by atoms with Crippen LogP contribution in [-0.2, 0) is 38.0 Å². The van der Waals surface area contributed by atoms with E-state index in [2.05, 4.69) is 5.32 Å². The third-order valence-electron chi connectivity index (χ3n) is 8.43. The molecule has 4 aliphatic heterocycles. The van der Waals surface area contributed by atoms with Gasteiger partial charge in [-0.15, -0.1) is 0 Å². The maximum atomic E-state index is 11.8. The number of amides is 1. The van der Waals surface area contributed by atoms with Crippen molar-refractivity contribution < 1.29 is 94.1 Å². The molecule has 0 aromatic rings. The molecule has 4 heterocycles. The van der Waals surface area contributed by atoms with Crippen molar-refractivity contribution in [1.29, 1.82) is 0 Å². The SMILES string of the molecule is CC(=O)N[C@H]1[C@H](O[C@@H]2[C@@H](O[C@H]3C[C@@H](CO[C@H]4O[C@H](C)[C@@H](O)[C@H](O)[C@@H]4O)O[C@@H](O)[C@H]3O)O[C@H](CO)[C@@H](O)[C@@H]2O)O[C@H](CO)[C@@H](O)[C@@H]1O. The molecule has 12 N–H and O–H groups in total. The van der Waals surface area contributed by atoms with E-state index >= 15 is 0 Å². The highest BCUT2D eigenvalue weighted by atomic mass is 16.8. The van der Waals surface area contributed by atoms with E-state index < -0.39 is 136 Å². The minimum Gasteiger partial charge on any atom is -0.394 e. The molecule has 0 aromatic carbocycles. The van der Waals surface area contributed by atoms with Gasteiger partial charge >= 0.3 is 0 Å². The quantitative estimate of drug-likeness (QED) is 0.102. The Labute approximate surface area is 262 Å². The van der Waals surface area contributed by atoms with Gasteiger partial charge < -0.3 is 94.6 Å². The lowest BCUT2D eigenvalue weighted by atomic mass is 9.95. The summed E-state index contributed by atoms with van der Waals surface area (Å²) in [5.74, 6) is -0.664. The molecule has 4 rings (SSSR count). The highest BCUT2D eigenvalue weighted by Crippen LogP contribution is 2.33. The summed E-state index contributed by atoms with van der Waals surface area (Å²) in [6.45, 7) is 0.619. The number of hydrogen-bond donors (Lipinski definition) is 12. The van der Waals surface area contributed by atoms with Crippen LogP contribution in [0.4, 0.5) is 0 Å². The minimum atomic E-state index is -1.87. The zero-order chi connectivity index (χ0) is 34.0. The van der Waals surface area contributed by atoms with Gasteiger partial charge in [0.1, 0.15) is 73.2 Å². The molecule has 0 radical (unpaired) electrons. The summed E-state index contributed by atoms with van der Waals surface area (Å²) in [4.78, 5) is 11.8. The van der Waals surface area contributed by atoms with Crippen LogP contribution in [-0.4, -0.2) is 199 Å². The summed E-state index contributed by atoms with van der Waals surface area (Å²) in [6.07, 6.45) is -27.9. The molecule has 0 saturated carbocycles. The maximum Gasteiger partial charge on any atom is 0.217 e. The second-order valence-corrected chi connectivity index (χ2v) is 11.8. The van der Waals surface area contributed by atoms with Crippen LogP contribution >= 0.6 is 0 Å². The molecule has 1 amide bonds. The fraction of sp³-hybridized carbons (Fsp3) is 0.962. The third-order valence-corrected chi connectivity index (χ3v) is 8.43. The highest BCUT2D eigenvalue weighted by molar-refractivity contribution is 5.73. The molecule has 0 aliphatic carbocycles. The predicted octanol–water partition coefficient (Wildman–Crippen LogP) is -7.55. The molecule has 20 heteroatoms. The fourth-order valence-electron chi connectivity index (χ4n) is 5.74. The first kappa shape index (κ1) is 37.6. The van der Waals surface area contributed by atoms with Crippen LogP contribution in [0.2, 0.25) is 0 Å². The van der Waals surface area contributed by atoms with Gasteiger partial charge in [-0.3, -0.25) is 4.79 Å². The van der Waals surface area contributed by atoms with Gasteiger partial charge in [-0.25, -0.2) is 0 Å². The molecule has 4 aliphatic rings. The number of aliphatic hydroxyl groups is 11. The molecule has 0 bridgehead atoms. The summed E-state index contributed by atoms with van der Waals surface area (Å²) in [5.41, 5.74) is 0. The minimum absolute atomic E-state index is 0.220. The van der Waals surface area contributed by atoms with Crippen molar-refractivity contribution in [1.82, 2.24) is 5.32 Å². The number of nitrogens with one attached hydrogen (secondary N) is 1. The summed E-state index contributed by atoms with van der Waals surface area (Å²) in [5, 5.41) is 115. The van der Waals surface area contributed by atoms with Crippen LogP contribution in [0.3, 0.4) is 0 Å². The van der Waals surface area contributed by atoms with Gasteiger partial charge in [0.15, 0.2) is 25.2 Å². The average molecular weight is 676 g/mol. The van der Waals surface area contributed by atoms with Gasteiger partial charge in [0, 0.05) is 13.3 Å². The summed E-state index contributed by atoms with van der Waals surface area (Å²) in [7, 11) is 0. The van der Waals surface area contributed by atoms with E-state index in [1.165, 1.54) is 6.92 Å². The number of aliphatic hydroxyl groups excluding tert-OH is 11. The topological polar surface area (TPSA) is 316 Å². The maximum absolute atomic E-state index is 11.8. The van der Waals surface area contributed by atoms with Crippen molar-refractivity contribution in [2.24, 2.45) is 0 Å². The summed E-state index contributed by atoms with van der Waals surface area (Å²) >= 11 is 0. The van der Waals surface area contributed by atoms with Gasteiger partial charge in [0.2, 0.25) is 5.91 Å². The van der Waals surface area contributed by atoms with Crippen LogP contribution < -0.4 is 5.32 Å². The van der Waals surface area contributed by atoms with Crippen molar-refractivity contribution >= 4 is 5.91 Å². The first-order chi connectivity index (χ1) is 21.7. The van der Waals surface area contributed by atoms with Crippen LogP contribution in [0.1, 0.15) is 20.3 Å². The number of ether oxygens (including phenoxy) is 7. The monoisotopic (exact) mass is 675 g/mol. The van der Waals surface area contributed by atoms with Crippen LogP contribution in [0.15, 0.2) is 0 Å². The van der Waals surface area contributed by atoms with Crippen molar-refractivity contribution in [3.63, 3.8) is 0 Å². The van der Waals surface area contributed by atoms with Crippen molar-refractivity contribution in [3.8, 4) is 0 Å². The van der Waals surface area contributed by atoms with Gasteiger partial charge in [-0.05, 0) is 6.92 Å². The summed E-state index contributed by atoms with van der Waals surface area (Å²) < 4.78 is 39.2. The zero-order valence-corrected chi connectivity index (χ0v) is 25.0. The van der Waals surface area contributed by atoms with Crippen molar-refractivity contribution in [2.45, 2.75) is 137 Å². The van der Waals surface area contributed by atoms with Crippen LogP contribution in [0.5, 0.6) is 0 Å². The molecule has 20 nitrogen and oxygen atoms in total. The Morgan fingerprint density at radius 3 is 1.91 bits per heavy atom. The standard InChI is InChI=1S/C26H45NO19/c1-7-14(31)19(36)21(38)25(41-7)40-6-9-3-10(17(34)23(39)42-9)43-26-22(20(37)16(33)12(5-29)45-26)46-24-13(27-8(2)30)18(35)15(32)11(4-28)44-24/h7,9-26,28-29,31-39H,3-6H2,1-2H3,(H,27,30)/t7-,9+,10+,11-,12-,13-,14-,15-,16-,17+,18-,19+,20+,21+,22+,23-,24+,25+,26+/m1/s1. The molecule has 268 valence electrons. The average Bonchev–Trinajstić information content (AvgIpc) is 3.02. The Hall–Kier alpha value is -1.25. The number of carbonyl (C=O) groups excluding carboxylic acids is 1. The molecule has 19 atom stereocenters. The molecule has 46 heavy (non-hydrogen) atoms. The Morgan fingerprint density at radius 1 is 0.696 bits per heavy atom. The lowest BCUT2D eigenvalue weighted by Crippen LogP contribution is -2.68. The zero-order valence-electron chi connectivity index (χ0n) is 25.0. The van der Waals surface area contributed by atoms with Gasteiger partial charge in [-0.2, -0.15) is 0 Å². The smallest absolute Gasteiger partial charge is 0.217 e. The van der Waals surface area contributed by atoms with Gasteiger partial charge in [0.25, 0.3) is 0 Å². The van der Waals surface area contributed by atoms with Crippen LogP contribution in [0.25, 0.3) is 0 Å². The van der Waals surface area contributed by atoms with E-state index in [0.717, 1.165) is 6.92 Å². The predicted molar refractivity (Wildman–Crippen MR) is 143 cm³/mol. The molecule has 0 aromatic heterocycles. The molecule has 4 fully saturated rings. The number of hydrogen-bond acceptors (Lipinski definition) is 19. The summed E-state index contributed by atoms with van der Waals surface area (Å²) in [6, 6.07) is -1.45. The number of carbonyl (C=O) groups is 1. The molecular weight excluding hydrogens is 630 g/mol. The largest absolute Gasteiger partial charge is 0.394 e. The van der Waals surface area contributed by atoms with E-state index in [9.17, 15) is 61.0 Å². The molecule has 0 unspecified atom stereocenters. The van der Waals surface area contributed by atoms with Crippen molar-refractivity contribution in [3.05, 3.63) is 0 Å². The lowest BCUT2D eigenvalue weighted by molar-refractivity contribution is -0.373. The molecular formula is C26H45NO19. The Bertz CT molecular complexity index is 981. The second kappa shape index (κ2) is 16.0. The van der Waals surface area contributed by atoms with E-state index in [1.807, 2.05) is 0 Å². The second-order valence-electron chi connectivity index (χ2n) is 11.8. The molecule has 0 spiro atoms. The fourth-order valence-corrected chi connectivity index (χ4v) is 5.74. The first-order valence-corrected chi connectivity index (χ1v) is 14.8. The lowest BCUT2D eigenvalue weighted by Gasteiger charge is -2.48. The Morgan fingerprint density at radius 2 is 1.30 bits per heavy atom. The van der Waals surface area contributed by atoms with E-state index in [0.29, 0.717) is 0 Å².